The number of primary amides is 1. The van der Waals surface area contributed by atoms with Crippen LogP contribution in [0, 0.1) is 18.8 Å². The largest absolute Gasteiger partial charge is 0.454 e. The molecule has 0 bridgehead atoms. The second-order valence-electron chi connectivity index (χ2n) is 9.57. The number of benzene rings is 2. The molecule has 0 radical (unpaired) electrons. The summed E-state index contributed by atoms with van der Waals surface area (Å²) in [6.07, 6.45) is 0.221. The van der Waals surface area contributed by atoms with Crippen molar-refractivity contribution in [1.82, 2.24) is 10.2 Å². The zero-order valence-electron chi connectivity index (χ0n) is 19.3. The Morgan fingerprint density at radius 2 is 1.94 bits per heavy atom. The van der Waals surface area contributed by atoms with Crippen LogP contribution in [0.4, 0.5) is 5.69 Å². The fourth-order valence-corrected chi connectivity index (χ4v) is 6.13. The molecular formula is C25H23ClN4O6. The van der Waals surface area contributed by atoms with Crippen LogP contribution < -0.4 is 25.8 Å². The van der Waals surface area contributed by atoms with Crippen molar-refractivity contribution >= 4 is 40.9 Å². The highest BCUT2D eigenvalue weighted by molar-refractivity contribution is 6.32. The lowest BCUT2D eigenvalue weighted by atomic mass is 9.76. The summed E-state index contributed by atoms with van der Waals surface area (Å²) >= 11 is 6.29. The van der Waals surface area contributed by atoms with E-state index in [0.29, 0.717) is 38.9 Å². The van der Waals surface area contributed by atoms with E-state index in [1.165, 1.54) is 4.90 Å². The summed E-state index contributed by atoms with van der Waals surface area (Å²) in [5.74, 6) is -2.48. The molecule has 4 aliphatic rings. The van der Waals surface area contributed by atoms with Gasteiger partial charge in [-0.25, -0.2) is 0 Å². The van der Waals surface area contributed by atoms with Gasteiger partial charge in [0.2, 0.25) is 30.4 Å². The standard InChI is InChI=1S/C25H23ClN4O6/c1-11-14(26)4-3-13-21(11)28-24(34)25(13)20-19(15(29-25)5-7-18(27)31)22(32)30(23(20)33)9-12-2-6-16-17(8-12)36-10-35-16/h2-4,6,8,15,19-20,29H,5,7,9-10H2,1H3,(H2,27,31)(H,28,34)/t15-,19+,20+,25-/m0/s1. The molecule has 4 amide bonds. The first-order valence-electron chi connectivity index (χ1n) is 11.6. The molecule has 6 rings (SSSR count). The minimum Gasteiger partial charge on any atom is -0.454 e. The van der Waals surface area contributed by atoms with Crippen molar-refractivity contribution < 1.29 is 28.7 Å². The van der Waals surface area contributed by atoms with Crippen LogP contribution in [0.3, 0.4) is 0 Å². The number of hydrogen-bond donors (Lipinski definition) is 3. The molecule has 0 unspecified atom stereocenters. The van der Waals surface area contributed by atoms with Gasteiger partial charge >= 0.3 is 0 Å². The molecule has 2 aromatic carbocycles. The summed E-state index contributed by atoms with van der Waals surface area (Å²) < 4.78 is 10.8. The van der Waals surface area contributed by atoms with E-state index < -0.39 is 47.0 Å². The van der Waals surface area contributed by atoms with E-state index in [4.69, 9.17) is 26.8 Å². The molecule has 1 spiro atoms. The minimum absolute atomic E-state index is 0.00865. The molecule has 4 atom stereocenters. The van der Waals surface area contributed by atoms with E-state index in [1.807, 2.05) is 0 Å². The molecule has 2 saturated heterocycles. The highest BCUT2D eigenvalue weighted by atomic mass is 35.5. The average molecular weight is 511 g/mol. The number of nitrogens with zero attached hydrogens (tertiary/aromatic N) is 1. The number of imide groups is 1. The van der Waals surface area contributed by atoms with E-state index in [9.17, 15) is 19.2 Å². The van der Waals surface area contributed by atoms with E-state index >= 15 is 0 Å². The molecular weight excluding hydrogens is 488 g/mol. The molecule has 2 aromatic rings. The lowest BCUT2D eigenvalue weighted by Gasteiger charge is -2.29. The van der Waals surface area contributed by atoms with E-state index in [2.05, 4.69) is 10.6 Å². The average Bonchev–Trinajstić information content (AvgIpc) is 3.57. The maximum atomic E-state index is 13.9. The van der Waals surface area contributed by atoms with Crippen LogP contribution in [0.1, 0.15) is 29.5 Å². The third kappa shape index (κ3) is 3.07. The van der Waals surface area contributed by atoms with Crippen LogP contribution in [0.5, 0.6) is 11.5 Å². The van der Waals surface area contributed by atoms with E-state index in [1.54, 1.807) is 37.3 Å². The zero-order valence-corrected chi connectivity index (χ0v) is 20.1. The van der Waals surface area contributed by atoms with Crippen LogP contribution in [-0.4, -0.2) is 41.4 Å². The summed E-state index contributed by atoms with van der Waals surface area (Å²) in [6.45, 7) is 1.91. The number of carbonyl (C=O) groups is 4. The lowest BCUT2D eigenvalue weighted by Crippen LogP contribution is -2.53. The highest BCUT2D eigenvalue weighted by Crippen LogP contribution is 2.54. The van der Waals surface area contributed by atoms with Crippen LogP contribution >= 0.6 is 11.6 Å². The topological polar surface area (TPSA) is 140 Å². The number of nitrogens with one attached hydrogen (secondary N) is 2. The predicted molar refractivity (Wildman–Crippen MR) is 127 cm³/mol. The number of hydrogen-bond acceptors (Lipinski definition) is 7. The maximum absolute atomic E-state index is 13.9. The number of carbonyl (C=O) groups excluding carboxylic acids is 4. The number of fused-ring (bicyclic) bond motifs is 5. The van der Waals surface area contributed by atoms with Crippen molar-refractivity contribution in [3.63, 3.8) is 0 Å². The van der Waals surface area contributed by atoms with Gasteiger partial charge in [-0.1, -0.05) is 23.7 Å². The SMILES string of the molecule is Cc1c(Cl)ccc2c1NC(=O)[C@]21N[C@@H](CCC(N)=O)[C@H]2C(=O)N(Cc3ccc4c(c3)OCO4)C(=O)[C@@H]21. The third-order valence-corrected chi connectivity index (χ3v) is 8.06. The monoisotopic (exact) mass is 510 g/mol. The molecule has 0 aliphatic carbocycles. The Morgan fingerprint density at radius 1 is 1.17 bits per heavy atom. The molecule has 10 nitrogen and oxygen atoms in total. The molecule has 36 heavy (non-hydrogen) atoms. The van der Waals surface area contributed by atoms with Crippen LogP contribution in [0.2, 0.25) is 5.02 Å². The van der Waals surface area contributed by atoms with Crippen LogP contribution in [0.15, 0.2) is 30.3 Å². The van der Waals surface area contributed by atoms with Gasteiger partial charge in [-0.15, -0.1) is 0 Å². The smallest absolute Gasteiger partial charge is 0.250 e. The molecule has 0 saturated carbocycles. The summed E-state index contributed by atoms with van der Waals surface area (Å²) in [5, 5.41) is 6.64. The fraction of sp³-hybridized carbons (Fsp3) is 0.360. The molecule has 11 heteroatoms. The molecule has 4 aliphatic heterocycles. The normalized spacial score (nSPS) is 27.6. The van der Waals surface area contributed by atoms with Crippen molar-refractivity contribution in [3.8, 4) is 11.5 Å². The van der Waals surface area contributed by atoms with Crippen molar-refractivity contribution in [2.75, 3.05) is 12.1 Å². The second-order valence-corrected chi connectivity index (χ2v) is 9.97. The summed E-state index contributed by atoms with van der Waals surface area (Å²) in [6, 6.07) is 8.02. The van der Waals surface area contributed by atoms with Crippen molar-refractivity contribution in [2.45, 2.75) is 37.9 Å². The molecule has 4 heterocycles. The summed E-state index contributed by atoms with van der Waals surface area (Å²) in [7, 11) is 0. The number of likely N-dealkylation sites (tertiary alicyclic amines) is 1. The highest BCUT2D eigenvalue weighted by Gasteiger charge is 2.70. The molecule has 2 fully saturated rings. The fourth-order valence-electron chi connectivity index (χ4n) is 5.97. The lowest BCUT2D eigenvalue weighted by molar-refractivity contribution is -0.143. The van der Waals surface area contributed by atoms with Gasteiger partial charge in [-0.2, -0.15) is 0 Å². The summed E-state index contributed by atoms with van der Waals surface area (Å²) in [5.41, 5.74) is 6.38. The van der Waals surface area contributed by atoms with E-state index in [0.717, 1.165) is 0 Å². The number of nitrogens with two attached hydrogens (primary N) is 1. The van der Waals surface area contributed by atoms with Crippen molar-refractivity contribution in [2.24, 2.45) is 17.6 Å². The first kappa shape index (κ1) is 22.8. The van der Waals surface area contributed by atoms with E-state index in [-0.39, 0.29) is 26.2 Å². The number of ether oxygens (including phenoxy) is 2. The maximum Gasteiger partial charge on any atom is 0.250 e. The molecule has 4 N–H and O–H groups in total. The first-order valence-corrected chi connectivity index (χ1v) is 12.0. The summed E-state index contributed by atoms with van der Waals surface area (Å²) in [4.78, 5) is 53.9. The zero-order chi connectivity index (χ0) is 25.4. The van der Waals surface area contributed by atoms with Gasteiger partial charge in [-0.3, -0.25) is 29.4 Å². The third-order valence-electron chi connectivity index (χ3n) is 7.66. The van der Waals surface area contributed by atoms with Gasteiger partial charge in [0.05, 0.1) is 24.1 Å². The Balaban J connectivity index is 1.41. The van der Waals surface area contributed by atoms with Gasteiger partial charge in [0.15, 0.2) is 11.5 Å². The number of rotatable bonds is 5. The Kier molecular flexibility index (Phi) is 5.03. The van der Waals surface area contributed by atoms with Crippen LogP contribution in [-0.2, 0) is 31.3 Å². The Morgan fingerprint density at radius 3 is 2.72 bits per heavy atom. The first-order chi connectivity index (χ1) is 17.2. The number of halogens is 1. The Bertz CT molecular complexity index is 1360. The van der Waals surface area contributed by atoms with Gasteiger partial charge < -0.3 is 20.5 Å². The van der Waals surface area contributed by atoms with Crippen molar-refractivity contribution in [1.29, 1.82) is 0 Å². The quantitative estimate of drug-likeness (QED) is 0.518. The van der Waals surface area contributed by atoms with Gasteiger partial charge in [0.25, 0.3) is 0 Å². The van der Waals surface area contributed by atoms with Gasteiger partial charge in [0, 0.05) is 23.0 Å². The Hall–Kier alpha value is -3.63. The number of amides is 4. The van der Waals surface area contributed by atoms with Crippen LogP contribution in [0.25, 0.3) is 0 Å². The molecule has 186 valence electrons. The number of anilines is 1. The molecule has 0 aromatic heterocycles. The van der Waals surface area contributed by atoms with Gasteiger partial charge in [-0.05, 0) is 42.7 Å². The Labute approximate surface area is 211 Å². The second kappa shape index (κ2) is 7.94. The van der Waals surface area contributed by atoms with Gasteiger partial charge in [0.1, 0.15) is 5.54 Å². The van der Waals surface area contributed by atoms with Crippen molar-refractivity contribution in [3.05, 3.63) is 52.0 Å². The minimum atomic E-state index is -1.46. The predicted octanol–water partition coefficient (Wildman–Crippen LogP) is 1.56.